The SMILES string of the molecule is CNC(C)COCc1ccccc1.CO.[CH3-].[W]. The number of benzene rings is 1. The predicted molar refractivity (Wildman–Crippen MR) is 69.2 cm³/mol. The van der Waals surface area contributed by atoms with Gasteiger partial charge in [-0.25, -0.2) is 0 Å². The molecule has 0 aliphatic rings. The predicted octanol–water partition coefficient (Wildman–Crippen LogP) is 1.87. The maximum Gasteiger partial charge on any atom is 0.0717 e. The number of hydrogen-bond donors (Lipinski definition) is 2. The molecule has 0 aliphatic heterocycles. The third-order valence-electron chi connectivity index (χ3n) is 1.97. The molecule has 100 valence electrons. The van der Waals surface area contributed by atoms with Crippen molar-refractivity contribution in [1.29, 1.82) is 0 Å². The molecule has 0 radical (unpaired) electrons. The van der Waals surface area contributed by atoms with E-state index in [2.05, 4.69) is 24.4 Å². The van der Waals surface area contributed by atoms with Crippen LogP contribution >= 0.6 is 0 Å². The van der Waals surface area contributed by atoms with Crippen molar-refractivity contribution in [3.05, 3.63) is 43.3 Å². The molecule has 17 heavy (non-hydrogen) atoms. The largest absolute Gasteiger partial charge is 0.400 e. The number of aliphatic hydroxyl groups is 1. The monoisotopic (exact) mass is 410 g/mol. The first-order chi connectivity index (χ1) is 7.33. The first-order valence-corrected chi connectivity index (χ1v) is 5.06. The van der Waals surface area contributed by atoms with Gasteiger partial charge in [0.05, 0.1) is 13.2 Å². The zero-order valence-corrected chi connectivity index (χ0v) is 14.1. The first kappa shape index (κ1) is 22.0. The second-order valence-corrected chi connectivity index (χ2v) is 3.19. The summed E-state index contributed by atoms with van der Waals surface area (Å²) in [6, 6.07) is 10.6. The van der Waals surface area contributed by atoms with Crippen LogP contribution in [0.5, 0.6) is 0 Å². The third-order valence-corrected chi connectivity index (χ3v) is 1.97. The quantitative estimate of drug-likeness (QED) is 0.729. The molecule has 0 aliphatic carbocycles. The van der Waals surface area contributed by atoms with Crippen molar-refractivity contribution < 1.29 is 30.9 Å². The number of nitrogens with one attached hydrogen (secondary N) is 1. The number of rotatable bonds is 5. The number of hydrogen-bond acceptors (Lipinski definition) is 3. The molecule has 1 aromatic carbocycles. The Morgan fingerprint density at radius 2 is 1.76 bits per heavy atom. The van der Waals surface area contributed by atoms with Crippen molar-refractivity contribution in [1.82, 2.24) is 5.32 Å². The molecule has 1 atom stereocenters. The molecule has 0 heterocycles. The summed E-state index contributed by atoms with van der Waals surface area (Å²) in [5.74, 6) is 0. The molecule has 2 N–H and O–H groups in total. The fraction of sp³-hybridized carbons (Fsp3) is 0.462. The van der Waals surface area contributed by atoms with Crippen LogP contribution in [0.15, 0.2) is 30.3 Å². The van der Waals surface area contributed by atoms with E-state index in [0.717, 1.165) is 13.7 Å². The molecule has 0 fully saturated rings. The molecule has 1 unspecified atom stereocenters. The van der Waals surface area contributed by atoms with Crippen molar-refractivity contribution in [2.24, 2.45) is 0 Å². The summed E-state index contributed by atoms with van der Waals surface area (Å²) < 4.78 is 5.51. The van der Waals surface area contributed by atoms with Gasteiger partial charge >= 0.3 is 0 Å². The zero-order chi connectivity index (χ0) is 11.5. The molecular weight excluding hydrogens is 386 g/mol. The van der Waals surface area contributed by atoms with Gasteiger partial charge in [0.25, 0.3) is 0 Å². The van der Waals surface area contributed by atoms with E-state index < -0.39 is 0 Å². The van der Waals surface area contributed by atoms with Crippen LogP contribution in [-0.4, -0.2) is 31.9 Å². The third kappa shape index (κ3) is 12.0. The van der Waals surface area contributed by atoms with Crippen molar-refractivity contribution in [2.75, 3.05) is 20.8 Å². The van der Waals surface area contributed by atoms with Gasteiger partial charge in [0.2, 0.25) is 0 Å². The molecule has 0 amide bonds. The van der Waals surface area contributed by atoms with Gasteiger partial charge in [0.15, 0.2) is 0 Å². The molecular formula is C13H24NO2W-. The molecule has 0 aromatic heterocycles. The van der Waals surface area contributed by atoms with Gasteiger partial charge < -0.3 is 22.6 Å². The number of ether oxygens (including phenoxy) is 1. The Balaban J connectivity index is -0.000000464. The number of aliphatic hydroxyl groups excluding tert-OH is 1. The zero-order valence-electron chi connectivity index (χ0n) is 11.1. The smallest absolute Gasteiger partial charge is 0.0717 e. The van der Waals surface area contributed by atoms with Gasteiger partial charge in [0, 0.05) is 34.2 Å². The van der Waals surface area contributed by atoms with Crippen LogP contribution in [0.2, 0.25) is 0 Å². The average Bonchev–Trinajstić information content (AvgIpc) is 2.33. The van der Waals surface area contributed by atoms with E-state index >= 15 is 0 Å². The summed E-state index contributed by atoms with van der Waals surface area (Å²) in [6.45, 7) is 3.56. The Morgan fingerprint density at radius 3 is 2.24 bits per heavy atom. The van der Waals surface area contributed by atoms with Crippen LogP contribution in [-0.2, 0) is 32.4 Å². The molecule has 3 nitrogen and oxygen atoms in total. The maximum absolute atomic E-state index is 7.00. The summed E-state index contributed by atoms with van der Waals surface area (Å²) in [4.78, 5) is 0. The van der Waals surface area contributed by atoms with Gasteiger partial charge in [-0.3, -0.25) is 0 Å². The van der Waals surface area contributed by atoms with Crippen LogP contribution in [0.3, 0.4) is 0 Å². The topological polar surface area (TPSA) is 41.5 Å². The second-order valence-electron chi connectivity index (χ2n) is 3.19. The van der Waals surface area contributed by atoms with Crippen molar-refractivity contribution in [3.8, 4) is 0 Å². The normalized spacial score (nSPS) is 10.1. The molecule has 0 spiro atoms. The minimum atomic E-state index is 0. The Kier molecular flexibility index (Phi) is 20.4. The summed E-state index contributed by atoms with van der Waals surface area (Å²) in [7, 11) is 2.94. The van der Waals surface area contributed by atoms with E-state index in [1.807, 2.05) is 25.2 Å². The molecule has 0 saturated heterocycles. The van der Waals surface area contributed by atoms with Gasteiger partial charge in [0.1, 0.15) is 0 Å². The van der Waals surface area contributed by atoms with Gasteiger partial charge in [-0.1, -0.05) is 30.3 Å². The molecule has 1 aromatic rings. The van der Waals surface area contributed by atoms with Crippen LogP contribution in [0.4, 0.5) is 0 Å². The van der Waals surface area contributed by atoms with Crippen LogP contribution in [0.1, 0.15) is 12.5 Å². The van der Waals surface area contributed by atoms with Gasteiger partial charge in [-0.2, -0.15) is 0 Å². The Hall–Kier alpha value is -0.212. The van der Waals surface area contributed by atoms with Crippen molar-refractivity contribution >= 4 is 0 Å². The Labute approximate surface area is 120 Å². The van der Waals surface area contributed by atoms with Crippen molar-refractivity contribution in [2.45, 2.75) is 19.6 Å². The first-order valence-electron chi connectivity index (χ1n) is 5.06. The standard InChI is InChI=1S/C11H17NO.CH4O.CH3.W/c1-10(12-2)8-13-9-11-6-4-3-5-7-11;1-2;;/h3-7,10,12H,8-9H2,1-2H3;2H,1H3;1H3;/q;;-1;. The maximum atomic E-state index is 7.00. The van der Waals surface area contributed by atoms with Crippen molar-refractivity contribution in [3.63, 3.8) is 0 Å². The van der Waals surface area contributed by atoms with Gasteiger partial charge in [-0.15, -0.1) is 0 Å². The average molecular weight is 410 g/mol. The van der Waals surface area contributed by atoms with Crippen LogP contribution in [0.25, 0.3) is 0 Å². The summed E-state index contributed by atoms with van der Waals surface area (Å²) in [5, 5.41) is 10.1. The second kappa shape index (κ2) is 15.8. The summed E-state index contributed by atoms with van der Waals surface area (Å²) in [5.41, 5.74) is 1.23. The van der Waals surface area contributed by atoms with Crippen LogP contribution < -0.4 is 5.32 Å². The Morgan fingerprint density at radius 1 is 1.24 bits per heavy atom. The van der Waals surface area contributed by atoms with E-state index in [9.17, 15) is 0 Å². The van der Waals surface area contributed by atoms with E-state index in [-0.39, 0.29) is 28.5 Å². The fourth-order valence-electron chi connectivity index (χ4n) is 1.01. The molecule has 0 bridgehead atoms. The molecule has 1 rings (SSSR count). The van der Waals surface area contributed by atoms with E-state index in [0.29, 0.717) is 12.6 Å². The fourth-order valence-corrected chi connectivity index (χ4v) is 1.01. The van der Waals surface area contributed by atoms with Crippen LogP contribution in [0, 0.1) is 7.43 Å². The Bertz CT molecular complexity index is 232. The minimum absolute atomic E-state index is 0. The van der Waals surface area contributed by atoms with Gasteiger partial charge in [-0.05, 0) is 19.5 Å². The molecule has 4 heteroatoms. The minimum Gasteiger partial charge on any atom is -0.400 e. The van der Waals surface area contributed by atoms with E-state index in [4.69, 9.17) is 9.84 Å². The number of likely N-dealkylation sites (N-methyl/N-ethyl adjacent to an activating group) is 1. The summed E-state index contributed by atoms with van der Waals surface area (Å²) >= 11 is 0. The van der Waals surface area contributed by atoms with E-state index in [1.54, 1.807) is 0 Å². The van der Waals surface area contributed by atoms with E-state index in [1.165, 1.54) is 5.56 Å². The molecule has 0 saturated carbocycles. The summed E-state index contributed by atoms with van der Waals surface area (Å²) in [6.07, 6.45) is 0.